The molecule has 0 aliphatic carbocycles. The summed E-state index contributed by atoms with van der Waals surface area (Å²) in [5.41, 5.74) is -0.341. The first kappa shape index (κ1) is 16.4. The van der Waals surface area contributed by atoms with Crippen LogP contribution in [0.25, 0.3) is 0 Å². The molecule has 0 saturated heterocycles. The minimum absolute atomic E-state index is 0.151. The Balaban J connectivity index is 2.85. The number of nitriles is 1. The molecule has 0 bridgehead atoms. The smallest absolute Gasteiger partial charge is 0.337 e. The topological polar surface area (TPSA) is 78.7 Å². The Morgan fingerprint density at radius 3 is 2.40 bits per heavy atom. The van der Waals surface area contributed by atoms with Gasteiger partial charge in [-0.3, -0.25) is 4.79 Å². The molecule has 0 fully saturated rings. The molecule has 0 saturated carbocycles. The summed E-state index contributed by atoms with van der Waals surface area (Å²) >= 11 is 0.934. The van der Waals surface area contributed by atoms with E-state index in [0.717, 1.165) is 11.3 Å². The third-order valence-electron chi connectivity index (χ3n) is 2.26. The number of halogens is 3. The van der Waals surface area contributed by atoms with Gasteiger partial charge in [-0.2, -0.15) is 18.4 Å². The van der Waals surface area contributed by atoms with Crippen LogP contribution in [-0.4, -0.2) is 28.3 Å². The first-order chi connectivity index (χ1) is 9.05. The maximum Gasteiger partial charge on any atom is 0.409 e. The lowest BCUT2D eigenvalue weighted by atomic mass is 9.98. The molecule has 1 atom stereocenters. The van der Waals surface area contributed by atoms with Gasteiger partial charge in [0.1, 0.15) is 11.0 Å². The van der Waals surface area contributed by atoms with E-state index in [1.807, 2.05) is 20.8 Å². The van der Waals surface area contributed by atoms with E-state index in [2.05, 4.69) is 10.2 Å². The molecule has 1 N–H and O–H groups in total. The van der Waals surface area contributed by atoms with E-state index in [4.69, 9.17) is 5.26 Å². The van der Waals surface area contributed by atoms with Crippen molar-refractivity contribution in [3.05, 3.63) is 10.0 Å². The predicted octanol–water partition coefficient (Wildman–Crippen LogP) is 2.41. The average molecular weight is 306 g/mol. The van der Waals surface area contributed by atoms with E-state index in [0.29, 0.717) is 5.01 Å². The summed E-state index contributed by atoms with van der Waals surface area (Å²) in [4.78, 5) is 11.7. The lowest BCUT2D eigenvalue weighted by Crippen LogP contribution is -2.45. The molecule has 1 aromatic rings. The summed E-state index contributed by atoms with van der Waals surface area (Å²) in [5.74, 6) is -0.976. The van der Waals surface area contributed by atoms with Crippen molar-refractivity contribution in [2.24, 2.45) is 0 Å². The molecule has 1 amide bonds. The van der Waals surface area contributed by atoms with Crippen LogP contribution in [0.1, 0.15) is 42.0 Å². The molecular weight excluding hydrogens is 293 g/mol. The van der Waals surface area contributed by atoms with Crippen LogP contribution in [0.4, 0.5) is 13.2 Å². The summed E-state index contributed by atoms with van der Waals surface area (Å²) in [6.45, 7) is 5.55. The average Bonchev–Trinajstić information content (AvgIpc) is 2.75. The zero-order valence-electron chi connectivity index (χ0n) is 11.1. The van der Waals surface area contributed by atoms with Crippen LogP contribution in [-0.2, 0) is 5.41 Å². The molecule has 0 aromatic carbocycles. The SMILES string of the molecule is CC(C)(C)c1nnc(C(=O)NC(CC#N)C(F)(F)F)s1. The van der Waals surface area contributed by atoms with E-state index in [9.17, 15) is 18.0 Å². The van der Waals surface area contributed by atoms with Gasteiger partial charge in [-0.05, 0) is 0 Å². The Morgan fingerprint density at radius 1 is 1.40 bits per heavy atom. The Labute approximate surface area is 117 Å². The van der Waals surface area contributed by atoms with E-state index in [1.165, 1.54) is 6.07 Å². The van der Waals surface area contributed by atoms with Gasteiger partial charge in [0, 0.05) is 5.41 Å². The van der Waals surface area contributed by atoms with Crippen molar-refractivity contribution in [1.82, 2.24) is 15.5 Å². The quantitative estimate of drug-likeness (QED) is 0.930. The second kappa shape index (κ2) is 5.75. The number of hydrogen-bond acceptors (Lipinski definition) is 5. The van der Waals surface area contributed by atoms with Gasteiger partial charge in [-0.25, -0.2) is 0 Å². The second-order valence-corrected chi connectivity index (χ2v) is 6.07. The number of aromatic nitrogens is 2. The molecule has 0 spiro atoms. The van der Waals surface area contributed by atoms with Crippen LogP contribution >= 0.6 is 11.3 Å². The third-order valence-corrected chi connectivity index (χ3v) is 3.60. The molecule has 20 heavy (non-hydrogen) atoms. The number of carbonyl (C=O) groups excluding carboxylic acids is 1. The second-order valence-electron chi connectivity index (χ2n) is 5.09. The molecule has 9 heteroatoms. The minimum atomic E-state index is -4.68. The molecular formula is C11H13F3N4OS. The molecule has 0 radical (unpaired) electrons. The van der Waals surface area contributed by atoms with Crippen molar-refractivity contribution < 1.29 is 18.0 Å². The lowest BCUT2D eigenvalue weighted by Gasteiger charge is -2.18. The summed E-state index contributed by atoms with van der Waals surface area (Å²) in [7, 11) is 0. The third kappa shape index (κ3) is 4.16. The van der Waals surface area contributed by atoms with Crippen LogP contribution in [0, 0.1) is 11.3 Å². The molecule has 5 nitrogen and oxygen atoms in total. The van der Waals surface area contributed by atoms with Crippen LogP contribution in [0.3, 0.4) is 0 Å². The van der Waals surface area contributed by atoms with Crippen molar-refractivity contribution in [2.45, 2.75) is 44.8 Å². The van der Waals surface area contributed by atoms with Gasteiger partial charge in [-0.1, -0.05) is 32.1 Å². The molecule has 110 valence electrons. The molecule has 1 aromatic heterocycles. The zero-order valence-corrected chi connectivity index (χ0v) is 11.9. The predicted molar refractivity (Wildman–Crippen MR) is 66.1 cm³/mol. The van der Waals surface area contributed by atoms with Crippen LogP contribution < -0.4 is 5.32 Å². The molecule has 0 aliphatic rings. The van der Waals surface area contributed by atoms with Crippen LogP contribution in [0.2, 0.25) is 0 Å². The van der Waals surface area contributed by atoms with Crippen molar-refractivity contribution in [1.29, 1.82) is 5.26 Å². The normalized spacial score (nSPS) is 13.7. The largest absolute Gasteiger partial charge is 0.409 e. The number of nitrogens with one attached hydrogen (secondary N) is 1. The summed E-state index contributed by atoms with van der Waals surface area (Å²) < 4.78 is 37.7. The Kier molecular flexibility index (Phi) is 4.70. The van der Waals surface area contributed by atoms with Crippen LogP contribution in [0.5, 0.6) is 0 Å². The van der Waals surface area contributed by atoms with Crippen molar-refractivity contribution >= 4 is 17.2 Å². The van der Waals surface area contributed by atoms with E-state index in [-0.39, 0.29) is 10.4 Å². The molecule has 1 heterocycles. The highest BCUT2D eigenvalue weighted by Crippen LogP contribution is 2.26. The maximum absolute atomic E-state index is 12.6. The van der Waals surface area contributed by atoms with Crippen molar-refractivity contribution in [3.63, 3.8) is 0 Å². The fraction of sp³-hybridized carbons (Fsp3) is 0.636. The Hall–Kier alpha value is -1.69. The standard InChI is InChI=1S/C11H13F3N4OS/c1-10(2,3)9-18-17-8(20-9)7(19)16-6(4-5-15)11(12,13)14/h6H,4H2,1-3H3,(H,16,19). The summed E-state index contributed by atoms with van der Waals surface area (Å²) in [6.07, 6.45) is -5.52. The van der Waals surface area contributed by atoms with Crippen molar-refractivity contribution in [3.8, 4) is 6.07 Å². The summed E-state index contributed by atoms with van der Waals surface area (Å²) in [6, 6.07) is -0.813. The number of rotatable bonds is 3. The first-order valence-electron chi connectivity index (χ1n) is 5.64. The highest BCUT2D eigenvalue weighted by molar-refractivity contribution is 7.13. The van der Waals surface area contributed by atoms with Gasteiger partial charge in [0.25, 0.3) is 5.91 Å². The van der Waals surface area contributed by atoms with E-state index >= 15 is 0 Å². The fourth-order valence-electron chi connectivity index (χ4n) is 1.18. The fourth-order valence-corrected chi connectivity index (χ4v) is 1.98. The highest BCUT2D eigenvalue weighted by atomic mass is 32.1. The molecule has 1 unspecified atom stereocenters. The number of hydrogen-bond donors (Lipinski definition) is 1. The number of amides is 1. The number of alkyl halides is 3. The van der Waals surface area contributed by atoms with Gasteiger partial charge < -0.3 is 5.32 Å². The van der Waals surface area contributed by atoms with Gasteiger partial charge in [0.05, 0.1) is 12.5 Å². The van der Waals surface area contributed by atoms with Gasteiger partial charge in [0.15, 0.2) is 0 Å². The van der Waals surface area contributed by atoms with E-state index in [1.54, 1.807) is 5.32 Å². The Bertz CT molecular complexity index is 527. The highest BCUT2D eigenvalue weighted by Gasteiger charge is 2.41. The number of carbonyl (C=O) groups is 1. The van der Waals surface area contributed by atoms with Crippen LogP contribution in [0.15, 0.2) is 0 Å². The van der Waals surface area contributed by atoms with Gasteiger partial charge in [0.2, 0.25) is 5.01 Å². The zero-order chi connectivity index (χ0) is 15.6. The van der Waals surface area contributed by atoms with Gasteiger partial charge >= 0.3 is 6.18 Å². The number of nitrogens with zero attached hydrogens (tertiary/aromatic N) is 3. The first-order valence-corrected chi connectivity index (χ1v) is 6.46. The van der Waals surface area contributed by atoms with E-state index < -0.39 is 24.5 Å². The minimum Gasteiger partial charge on any atom is -0.337 e. The monoisotopic (exact) mass is 306 g/mol. The Morgan fingerprint density at radius 2 is 2.00 bits per heavy atom. The van der Waals surface area contributed by atoms with Gasteiger partial charge in [-0.15, -0.1) is 10.2 Å². The maximum atomic E-state index is 12.6. The van der Waals surface area contributed by atoms with Crippen molar-refractivity contribution in [2.75, 3.05) is 0 Å². The summed E-state index contributed by atoms with van der Waals surface area (Å²) in [5, 5.41) is 17.9. The lowest BCUT2D eigenvalue weighted by molar-refractivity contribution is -0.152. The molecule has 0 aliphatic heterocycles. The molecule has 1 rings (SSSR count).